The number of hydrogen-bond acceptors (Lipinski definition) is 6. The highest BCUT2D eigenvalue weighted by molar-refractivity contribution is 7.98. The van der Waals surface area contributed by atoms with Gasteiger partial charge in [0.25, 0.3) is 5.56 Å². The fourth-order valence-electron chi connectivity index (χ4n) is 3.98. The number of hydrogen-bond donors (Lipinski definition) is 0. The van der Waals surface area contributed by atoms with Gasteiger partial charge in [-0.15, -0.1) is 10.2 Å². The van der Waals surface area contributed by atoms with Gasteiger partial charge in [0.1, 0.15) is 0 Å². The van der Waals surface area contributed by atoms with Crippen molar-refractivity contribution in [2.75, 3.05) is 0 Å². The Morgan fingerprint density at radius 1 is 0.914 bits per heavy atom. The molecule has 0 atom stereocenters. The summed E-state index contributed by atoms with van der Waals surface area (Å²) in [6.45, 7) is 0.599. The van der Waals surface area contributed by atoms with E-state index in [0.717, 1.165) is 26.5 Å². The molecule has 3 heterocycles. The molecular formula is C26H18ClN5OS2. The van der Waals surface area contributed by atoms with Gasteiger partial charge in [0, 0.05) is 17.4 Å². The monoisotopic (exact) mass is 515 g/mol. The van der Waals surface area contributed by atoms with Crippen molar-refractivity contribution < 1.29 is 0 Å². The second kappa shape index (κ2) is 9.30. The summed E-state index contributed by atoms with van der Waals surface area (Å²) in [5.74, 6) is 1.20. The van der Waals surface area contributed by atoms with Crippen LogP contribution in [0.4, 0.5) is 0 Å². The number of aromatic nitrogens is 5. The third-order valence-corrected chi connectivity index (χ3v) is 7.96. The van der Waals surface area contributed by atoms with Crippen LogP contribution in [0.25, 0.3) is 26.6 Å². The highest BCUT2D eigenvalue weighted by Crippen LogP contribution is 2.31. The molecule has 0 saturated heterocycles. The van der Waals surface area contributed by atoms with Gasteiger partial charge in [-0.2, -0.15) is 0 Å². The first-order chi connectivity index (χ1) is 17.2. The summed E-state index contributed by atoms with van der Waals surface area (Å²) >= 11 is 9.51. The van der Waals surface area contributed by atoms with Gasteiger partial charge < -0.3 is 0 Å². The van der Waals surface area contributed by atoms with Gasteiger partial charge in [0.05, 0.1) is 27.5 Å². The lowest BCUT2D eigenvalue weighted by atomic mass is 10.2. The summed E-state index contributed by atoms with van der Waals surface area (Å²) in [7, 11) is 0. The zero-order chi connectivity index (χ0) is 23.8. The lowest BCUT2D eigenvalue weighted by Crippen LogP contribution is -2.13. The maximum Gasteiger partial charge on any atom is 0.259 e. The van der Waals surface area contributed by atoms with Crippen LogP contribution in [-0.4, -0.2) is 24.1 Å². The van der Waals surface area contributed by atoms with Crippen LogP contribution in [0.15, 0.2) is 94.9 Å². The average Bonchev–Trinajstić information content (AvgIpc) is 3.45. The number of para-hydroxylation sites is 1. The van der Waals surface area contributed by atoms with Gasteiger partial charge >= 0.3 is 0 Å². The van der Waals surface area contributed by atoms with Crippen molar-refractivity contribution in [3.8, 4) is 11.4 Å². The van der Waals surface area contributed by atoms with E-state index in [1.54, 1.807) is 10.5 Å². The molecule has 0 aliphatic heterocycles. The van der Waals surface area contributed by atoms with E-state index in [9.17, 15) is 4.79 Å². The Morgan fingerprint density at radius 2 is 1.69 bits per heavy atom. The van der Waals surface area contributed by atoms with Gasteiger partial charge in [0.2, 0.25) is 0 Å². The number of thioether (sulfide) groups is 1. The smallest absolute Gasteiger partial charge is 0.259 e. The topological polar surface area (TPSA) is 65.1 Å². The van der Waals surface area contributed by atoms with E-state index in [-0.39, 0.29) is 5.56 Å². The molecule has 0 N–H and O–H groups in total. The quantitative estimate of drug-likeness (QED) is 0.248. The number of benzene rings is 3. The van der Waals surface area contributed by atoms with Crippen LogP contribution in [0.5, 0.6) is 0 Å². The second-order valence-electron chi connectivity index (χ2n) is 7.92. The molecule has 3 aromatic heterocycles. The van der Waals surface area contributed by atoms with Crippen LogP contribution >= 0.6 is 34.7 Å². The zero-order valence-corrected chi connectivity index (χ0v) is 20.7. The fourth-order valence-corrected chi connectivity index (χ4v) is 6.08. The van der Waals surface area contributed by atoms with Gasteiger partial charge in [-0.25, -0.2) is 4.98 Å². The molecule has 0 bridgehead atoms. The summed E-state index contributed by atoms with van der Waals surface area (Å²) in [5.41, 5.74) is 3.47. The first-order valence-electron chi connectivity index (χ1n) is 10.9. The molecule has 3 aromatic carbocycles. The molecule has 6 nitrogen and oxygen atoms in total. The van der Waals surface area contributed by atoms with Crippen molar-refractivity contribution in [1.82, 2.24) is 24.1 Å². The number of nitrogens with zero attached hydrogens (tertiary/aromatic N) is 5. The Morgan fingerprint density at radius 3 is 2.54 bits per heavy atom. The molecule has 6 rings (SSSR count). The Hall–Kier alpha value is -3.46. The van der Waals surface area contributed by atoms with Gasteiger partial charge in [-0.3, -0.25) is 13.8 Å². The molecule has 35 heavy (non-hydrogen) atoms. The predicted octanol–water partition coefficient (Wildman–Crippen LogP) is 6.16. The molecule has 0 saturated carbocycles. The third-order valence-electron chi connectivity index (χ3n) is 5.61. The van der Waals surface area contributed by atoms with E-state index in [1.807, 2.05) is 66.7 Å². The number of fused-ring (bicyclic) bond motifs is 3. The Balaban J connectivity index is 1.36. The van der Waals surface area contributed by atoms with Crippen LogP contribution in [0.1, 0.15) is 11.3 Å². The number of halogens is 1. The molecule has 0 aliphatic rings. The molecular weight excluding hydrogens is 498 g/mol. The van der Waals surface area contributed by atoms with Crippen LogP contribution < -0.4 is 5.56 Å². The molecule has 0 amide bonds. The summed E-state index contributed by atoms with van der Waals surface area (Å²) in [6, 6.07) is 27.2. The van der Waals surface area contributed by atoms with Crippen LogP contribution in [0, 0.1) is 0 Å². The van der Waals surface area contributed by atoms with Crippen LogP contribution in [0.3, 0.4) is 0 Å². The lowest BCUT2D eigenvalue weighted by Gasteiger charge is -2.11. The molecule has 172 valence electrons. The molecule has 0 spiro atoms. The molecule has 0 fully saturated rings. The van der Waals surface area contributed by atoms with E-state index in [0.29, 0.717) is 33.8 Å². The fraction of sp³-hybridized carbons (Fsp3) is 0.0769. The minimum Gasteiger partial charge on any atom is -0.297 e. The zero-order valence-electron chi connectivity index (χ0n) is 18.3. The summed E-state index contributed by atoms with van der Waals surface area (Å²) in [6.07, 6.45) is 0. The van der Waals surface area contributed by atoms with Crippen LogP contribution in [-0.2, 0) is 12.3 Å². The highest BCUT2D eigenvalue weighted by Gasteiger charge is 2.18. The minimum absolute atomic E-state index is 0.0782. The van der Waals surface area contributed by atoms with E-state index >= 15 is 0 Å². The van der Waals surface area contributed by atoms with E-state index in [4.69, 9.17) is 16.6 Å². The minimum atomic E-state index is -0.0782. The first kappa shape index (κ1) is 22.0. The van der Waals surface area contributed by atoms with Gasteiger partial charge in [0.15, 0.2) is 15.9 Å². The van der Waals surface area contributed by atoms with Crippen molar-refractivity contribution in [1.29, 1.82) is 0 Å². The lowest BCUT2D eigenvalue weighted by molar-refractivity contribution is 0.714. The molecule has 6 aromatic rings. The summed E-state index contributed by atoms with van der Waals surface area (Å²) in [5, 5.41) is 10.3. The average molecular weight is 516 g/mol. The summed E-state index contributed by atoms with van der Waals surface area (Å²) in [4.78, 5) is 18.3. The maximum atomic E-state index is 12.9. The highest BCUT2D eigenvalue weighted by atomic mass is 35.5. The standard InChI is InChI=1S/C26H18ClN5OS2/c27-20-11-5-4-10-19(20)24-29-30-26(31(24)15-17-8-2-1-3-9-17)34-16-18-14-23(33)32-21-12-6-7-13-22(21)35-25(32)28-18/h1-14H,15-16H2. The first-order valence-corrected chi connectivity index (χ1v) is 13.1. The van der Waals surface area contributed by atoms with Crippen molar-refractivity contribution in [2.24, 2.45) is 0 Å². The Bertz CT molecular complexity index is 1730. The Kier molecular flexibility index (Phi) is 5.85. The summed E-state index contributed by atoms with van der Waals surface area (Å²) < 4.78 is 4.77. The van der Waals surface area contributed by atoms with E-state index < -0.39 is 0 Å². The number of thiazole rings is 1. The normalized spacial score (nSPS) is 11.5. The van der Waals surface area contributed by atoms with Crippen LogP contribution in [0.2, 0.25) is 5.02 Å². The van der Waals surface area contributed by atoms with Crippen molar-refractivity contribution in [3.63, 3.8) is 0 Å². The predicted molar refractivity (Wildman–Crippen MR) is 142 cm³/mol. The van der Waals surface area contributed by atoms with Crippen molar-refractivity contribution >= 4 is 49.9 Å². The maximum absolute atomic E-state index is 12.9. The van der Waals surface area contributed by atoms with Gasteiger partial charge in [-0.1, -0.05) is 89.3 Å². The second-order valence-corrected chi connectivity index (χ2v) is 10.3. The van der Waals surface area contributed by atoms with Crippen molar-refractivity contribution in [3.05, 3.63) is 112 Å². The molecule has 9 heteroatoms. The molecule has 0 unspecified atom stereocenters. The number of rotatable bonds is 6. The van der Waals surface area contributed by atoms with Crippen molar-refractivity contribution in [2.45, 2.75) is 17.5 Å². The van der Waals surface area contributed by atoms with E-state index in [2.05, 4.69) is 26.9 Å². The van der Waals surface area contributed by atoms with Gasteiger partial charge in [-0.05, 0) is 29.8 Å². The SMILES string of the molecule is O=c1cc(CSc2nnc(-c3ccccc3Cl)n2Cc2ccccc2)nc2sc3ccccc3n12. The third kappa shape index (κ3) is 4.25. The van der Waals surface area contributed by atoms with E-state index in [1.165, 1.54) is 23.1 Å². The largest absolute Gasteiger partial charge is 0.297 e. The Labute approximate surface area is 213 Å². The molecule has 0 aliphatic carbocycles. The molecule has 0 radical (unpaired) electrons.